The van der Waals surface area contributed by atoms with Crippen molar-refractivity contribution in [3.63, 3.8) is 0 Å². The molecule has 1 aromatic carbocycles. The molecule has 152 valence electrons. The van der Waals surface area contributed by atoms with Gasteiger partial charge in [0, 0.05) is 29.6 Å². The van der Waals surface area contributed by atoms with Crippen LogP contribution in [0.1, 0.15) is 13.8 Å². The average molecular weight is 473 g/mol. The summed E-state index contributed by atoms with van der Waals surface area (Å²) in [6.07, 6.45) is 0. The van der Waals surface area contributed by atoms with Crippen LogP contribution in [0, 0.1) is 5.82 Å². The third kappa shape index (κ3) is 4.56. The molecule has 1 aromatic heterocycles. The Kier molecular flexibility index (Phi) is 6.11. The Morgan fingerprint density at radius 2 is 1.93 bits per heavy atom. The number of benzene rings is 1. The van der Waals surface area contributed by atoms with Gasteiger partial charge in [-0.1, -0.05) is 15.9 Å². The molecule has 0 amide bonds. The minimum absolute atomic E-state index is 0.0150. The molecule has 1 aliphatic rings. The number of aromatic nitrogens is 1. The molecule has 0 aliphatic carbocycles. The zero-order valence-corrected chi connectivity index (χ0v) is 18.1. The number of methoxy groups -OCH3 is 1. The SMILES string of the molecule is COc1ccc(N2C[C@@H](C)N[C@@H](C)C2)nc1NS(=O)(=O)c1ccc(Br)cc1F. The predicted octanol–water partition coefficient (Wildman–Crippen LogP) is 2.98. The van der Waals surface area contributed by atoms with E-state index in [-0.39, 0.29) is 23.7 Å². The summed E-state index contributed by atoms with van der Waals surface area (Å²) in [5.41, 5.74) is 0. The van der Waals surface area contributed by atoms with Gasteiger partial charge in [-0.2, -0.15) is 0 Å². The van der Waals surface area contributed by atoms with Gasteiger partial charge in [-0.3, -0.25) is 4.72 Å². The second kappa shape index (κ2) is 8.22. The van der Waals surface area contributed by atoms with Crippen molar-refractivity contribution >= 4 is 37.6 Å². The number of sulfonamides is 1. The molecule has 0 saturated carbocycles. The van der Waals surface area contributed by atoms with Crippen molar-refractivity contribution in [3.8, 4) is 5.75 Å². The summed E-state index contributed by atoms with van der Waals surface area (Å²) in [4.78, 5) is 6.05. The number of halogens is 2. The molecule has 28 heavy (non-hydrogen) atoms. The van der Waals surface area contributed by atoms with E-state index < -0.39 is 20.7 Å². The Hall–Kier alpha value is -1.91. The summed E-state index contributed by atoms with van der Waals surface area (Å²) >= 11 is 3.12. The zero-order chi connectivity index (χ0) is 20.5. The monoisotopic (exact) mass is 472 g/mol. The third-order valence-corrected chi connectivity index (χ3v) is 6.22. The van der Waals surface area contributed by atoms with Crippen LogP contribution in [0.5, 0.6) is 5.75 Å². The fraction of sp³-hybridized carbons (Fsp3) is 0.389. The Balaban J connectivity index is 1.94. The molecule has 0 spiro atoms. The van der Waals surface area contributed by atoms with Gasteiger partial charge in [0.2, 0.25) is 0 Å². The van der Waals surface area contributed by atoms with E-state index in [1.54, 1.807) is 12.1 Å². The zero-order valence-electron chi connectivity index (χ0n) is 15.7. The fourth-order valence-electron chi connectivity index (χ4n) is 3.24. The van der Waals surface area contributed by atoms with Gasteiger partial charge in [0.15, 0.2) is 11.6 Å². The van der Waals surface area contributed by atoms with Crippen LogP contribution in [0.3, 0.4) is 0 Å². The highest BCUT2D eigenvalue weighted by molar-refractivity contribution is 9.10. The van der Waals surface area contributed by atoms with Crippen molar-refractivity contribution in [1.82, 2.24) is 10.3 Å². The lowest BCUT2D eigenvalue weighted by atomic mass is 10.1. The number of hydrogen-bond acceptors (Lipinski definition) is 6. The smallest absolute Gasteiger partial charge is 0.266 e. The largest absolute Gasteiger partial charge is 0.493 e. The molecule has 1 aliphatic heterocycles. The number of nitrogens with one attached hydrogen (secondary N) is 2. The second-order valence-corrected chi connectivity index (χ2v) is 9.34. The van der Waals surface area contributed by atoms with Crippen LogP contribution >= 0.6 is 15.9 Å². The van der Waals surface area contributed by atoms with Crippen LogP contribution in [-0.4, -0.2) is 45.7 Å². The molecule has 2 atom stereocenters. The van der Waals surface area contributed by atoms with Crippen LogP contribution in [-0.2, 0) is 10.0 Å². The van der Waals surface area contributed by atoms with Crippen molar-refractivity contribution in [2.75, 3.05) is 29.8 Å². The Labute approximate surface area is 172 Å². The molecule has 2 aromatic rings. The van der Waals surface area contributed by atoms with Crippen molar-refractivity contribution in [2.24, 2.45) is 0 Å². The fourth-order valence-corrected chi connectivity index (χ4v) is 4.65. The summed E-state index contributed by atoms with van der Waals surface area (Å²) in [5, 5.41) is 3.44. The third-order valence-electron chi connectivity index (χ3n) is 4.36. The number of ether oxygens (including phenoxy) is 1. The summed E-state index contributed by atoms with van der Waals surface area (Å²) in [5.74, 6) is 0.0268. The van der Waals surface area contributed by atoms with Gasteiger partial charge in [-0.15, -0.1) is 0 Å². The normalized spacial score (nSPS) is 20.1. The summed E-state index contributed by atoms with van der Waals surface area (Å²) in [7, 11) is -2.76. The molecule has 1 fully saturated rings. The van der Waals surface area contributed by atoms with E-state index in [4.69, 9.17) is 4.74 Å². The molecule has 7 nitrogen and oxygen atoms in total. The van der Waals surface area contributed by atoms with E-state index in [1.807, 2.05) is 0 Å². The molecular formula is C18H22BrFN4O3S. The van der Waals surface area contributed by atoms with Crippen molar-refractivity contribution < 1.29 is 17.5 Å². The molecular weight excluding hydrogens is 451 g/mol. The Morgan fingerprint density at radius 1 is 1.25 bits per heavy atom. The van der Waals surface area contributed by atoms with Gasteiger partial charge in [0.05, 0.1) is 7.11 Å². The highest BCUT2D eigenvalue weighted by atomic mass is 79.9. The molecule has 0 radical (unpaired) electrons. The van der Waals surface area contributed by atoms with Gasteiger partial charge < -0.3 is 15.0 Å². The lowest BCUT2D eigenvalue weighted by Crippen LogP contribution is -2.54. The molecule has 0 bridgehead atoms. The number of pyridine rings is 1. The van der Waals surface area contributed by atoms with Crippen LogP contribution < -0.4 is 19.7 Å². The summed E-state index contributed by atoms with van der Waals surface area (Å²) in [6, 6.07) is 7.71. The first kappa shape index (κ1) is 20.8. The first-order valence-electron chi connectivity index (χ1n) is 8.73. The average Bonchev–Trinajstić information content (AvgIpc) is 2.60. The summed E-state index contributed by atoms with van der Waals surface area (Å²) < 4.78 is 47.6. The highest BCUT2D eigenvalue weighted by Gasteiger charge is 2.25. The topological polar surface area (TPSA) is 83.6 Å². The number of hydrogen-bond donors (Lipinski definition) is 2. The second-order valence-electron chi connectivity index (χ2n) is 6.77. The predicted molar refractivity (Wildman–Crippen MR) is 110 cm³/mol. The maximum Gasteiger partial charge on any atom is 0.266 e. The van der Waals surface area contributed by atoms with Gasteiger partial charge in [0.1, 0.15) is 16.5 Å². The number of rotatable bonds is 5. The molecule has 10 heteroatoms. The molecule has 0 unspecified atom stereocenters. The number of nitrogens with zero attached hydrogens (tertiary/aromatic N) is 2. The minimum atomic E-state index is -4.18. The lowest BCUT2D eigenvalue weighted by molar-refractivity contribution is 0.403. The first-order valence-corrected chi connectivity index (χ1v) is 11.0. The maximum atomic E-state index is 14.2. The van der Waals surface area contributed by atoms with Crippen LogP contribution in [0.4, 0.5) is 16.0 Å². The van der Waals surface area contributed by atoms with Gasteiger partial charge >= 0.3 is 0 Å². The van der Waals surface area contributed by atoms with E-state index in [9.17, 15) is 12.8 Å². The van der Waals surface area contributed by atoms with E-state index >= 15 is 0 Å². The molecule has 2 N–H and O–H groups in total. The number of anilines is 2. The van der Waals surface area contributed by atoms with E-state index in [1.165, 1.54) is 19.2 Å². The summed E-state index contributed by atoms with van der Waals surface area (Å²) in [6.45, 7) is 5.62. The molecule has 1 saturated heterocycles. The Bertz CT molecular complexity index is 963. The van der Waals surface area contributed by atoms with Gasteiger partial charge in [-0.05, 0) is 44.2 Å². The maximum absolute atomic E-state index is 14.2. The first-order chi connectivity index (χ1) is 13.2. The van der Waals surface area contributed by atoms with Crippen LogP contribution in [0.2, 0.25) is 0 Å². The lowest BCUT2D eigenvalue weighted by Gasteiger charge is -2.37. The van der Waals surface area contributed by atoms with Gasteiger partial charge in [-0.25, -0.2) is 17.8 Å². The molecule has 2 heterocycles. The van der Waals surface area contributed by atoms with Gasteiger partial charge in [0.25, 0.3) is 10.0 Å². The van der Waals surface area contributed by atoms with Crippen molar-refractivity contribution in [1.29, 1.82) is 0 Å². The quantitative estimate of drug-likeness (QED) is 0.695. The van der Waals surface area contributed by atoms with E-state index in [0.29, 0.717) is 10.3 Å². The number of piperazine rings is 1. The van der Waals surface area contributed by atoms with E-state index in [0.717, 1.165) is 19.2 Å². The molecule has 3 rings (SSSR count). The van der Waals surface area contributed by atoms with E-state index in [2.05, 4.69) is 49.7 Å². The highest BCUT2D eigenvalue weighted by Crippen LogP contribution is 2.29. The standard InChI is InChI=1S/C18H22BrFN4O3S/c1-11-9-24(10-12(2)21-11)17-7-5-15(27-3)18(22-17)23-28(25,26)16-6-4-13(19)8-14(16)20/h4-8,11-12,21H,9-10H2,1-3H3,(H,22,23)/t11-,12+. The Morgan fingerprint density at radius 3 is 2.54 bits per heavy atom. The van der Waals surface area contributed by atoms with Crippen LogP contribution in [0.15, 0.2) is 39.7 Å². The minimum Gasteiger partial charge on any atom is -0.493 e. The van der Waals surface area contributed by atoms with Crippen molar-refractivity contribution in [3.05, 3.63) is 40.6 Å². The van der Waals surface area contributed by atoms with Crippen molar-refractivity contribution in [2.45, 2.75) is 30.8 Å². The van der Waals surface area contributed by atoms with Crippen LogP contribution in [0.25, 0.3) is 0 Å².